The average molecular weight is 278 g/mol. The molecule has 1 fully saturated rings. The first-order chi connectivity index (χ1) is 9.69. The maximum absolute atomic E-state index is 5.75. The minimum absolute atomic E-state index is 0.311. The average Bonchev–Trinajstić information content (AvgIpc) is 2.49. The molecule has 1 aromatic rings. The zero-order valence-corrected chi connectivity index (χ0v) is 13.1. The SMILES string of the molecule is CCNc1nc(CC)nc(N2CCOC(CC)C2)c1C. The Bertz CT molecular complexity index is 450. The lowest BCUT2D eigenvalue weighted by Gasteiger charge is -2.34. The monoisotopic (exact) mass is 278 g/mol. The van der Waals surface area contributed by atoms with Crippen LogP contribution in [0.2, 0.25) is 0 Å². The number of anilines is 2. The molecule has 1 aliphatic heterocycles. The fourth-order valence-electron chi connectivity index (χ4n) is 2.51. The van der Waals surface area contributed by atoms with Crippen molar-refractivity contribution >= 4 is 11.6 Å². The molecule has 20 heavy (non-hydrogen) atoms. The lowest BCUT2D eigenvalue weighted by Crippen LogP contribution is -2.43. The Morgan fingerprint density at radius 3 is 2.75 bits per heavy atom. The van der Waals surface area contributed by atoms with Crippen molar-refractivity contribution in [3.05, 3.63) is 11.4 Å². The second-order valence-corrected chi connectivity index (χ2v) is 5.17. The quantitative estimate of drug-likeness (QED) is 0.896. The molecule has 0 bridgehead atoms. The van der Waals surface area contributed by atoms with Crippen molar-refractivity contribution in [1.29, 1.82) is 0 Å². The first-order valence-corrected chi connectivity index (χ1v) is 7.67. The van der Waals surface area contributed by atoms with Crippen molar-refractivity contribution in [2.75, 3.05) is 36.5 Å². The molecule has 2 rings (SSSR count). The number of ether oxygens (including phenoxy) is 1. The smallest absolute Gasteiger partial charge is 0.137 e. The largest absolute Gasteiger partial charge is 0.375 e. The Morgan fingerprint density at radius 2 is 2.10 bits per heavy atom. The molecule has 1 atom stereocenters. The molecule has 5 heteroatoms. The van der Waals surface area contributed by atoms with Gasteiger partial charge in [-0.2, -0.15) is 0 Å². The number of aromatic nitrogens is 2. The van der Waals surface area contributed by atoms with E-state index in [1.165, 1.54) is 0 Å². The van der Waals surface area contributed by atoms with E-state index < -0.39 is 0 Å². The molecule has 1 aromatic heterocycles. The fraction of sp³-hybridized carbons (Fsp3) is 0.733. The van der Waals surface area contributed by atoms with Gasteiger partial charge in [0, 0.05) is 31.6 Å². The van der Waals surface area contributed by atoms with Crippen LogP contribution in [0, 0.1) is 6.92 Å². The topological polar surface area (TPSA) is 50.3 Å². The Kier molecular flexibility index (Phi) is 5.17. The van der Waals surface area contributed by atoms with Gasteiger partial charge in [-0.3, -0.25) is 0 Å². The van der Waals surface area contributed by atoms with Crippen molar-refractivity contribution in [2.24, 2.45) is 0 Å². The van der Waals surface area contributed by atoms with Crippen LogP contribution in [0.5, 0.6) is 0 Å². The van der Waals surface area contributed by atoms with Crippen molar-refractivity contribution in [3.8, 4) is 0 Å². The molecule has 0 saturated carbocycles. The highest BCUT2D eigenvalue weighted by Gasteiger charge is 2.23. The standard InChI is InChI=1S/C15H26N4O/c1-5-12-10-19(8-9-20-12)15-11(4)14(16-7-3)17-13(6-2)18-15/h12H,5-10H2,1-4H3,(H,16,17,18). The van der Waals surface area contributed by atoms with E-state index in [0.29, 0.717) is 6.10 Å². The normalized spacial score (nSPS) is 19.2. The van der Waals surface area contributed by atoms with Crippen LogP contribution in [0.1, 0.15) is 38.6 Å². The molecule has 0 aliphatic carbocycles. The molecular formula is C15H26N4O. The van der Waals surface area contributed by atoms with Gasteiger partial charge in [0.1, 0.15) is 17.5 Å². The second-order valence-electron chi connectivity index (χ2n) is 5.17. The van der Waals surface area contributed by atoms with E-state index in [4.69, 9.17) is 9.72 Å². The van der Waals surface area contributed by atoms with E-state index in [9.17, 15) is 0 Å². The van der Waals surface area contributed by atoms with Crippen LogP contribution in [-0.4, -0.2) is 42.3 Å². The van der Waals surface area contributed by atoms with Crippen LogP contribution in [0.3, 0.4) is 0 Å². The van der Waals surface area contributed by atoms with Gasteiger partial charge in [-0.1, -0.05) is 13.8 Å². The summed E-state index contributed by atoms with van der Waals surface area (Å²) in [6, 6.07) is 0. The highest BCUT2D eigenvalue weighted by molar-refractivity contribution is 5.59. The van der Waals surface area contributed by atoms with Crippen molar-refractivity contribution in [1.82, 2.24) is 9.97 Å². The predicted molar refractivity (Wildman–Crippen MR) is 82.6 cm³/mol. The molecule has 0 aromatic carbocycles. The van der Waals surface area contributed by atoms with E-state index in [1.807, 2.05) is 0 Å². The summed E-state index contributed by atoms with van der Waals surface area (Å²) in [6.07, 6.45) is 2.21. The molecule has 1 N–H and O–H groups in total. The van der Waals surface area contributed by atoms with Gasteiger partial charge in [0.15, 0.2) is 0 Å². The molecule has 1 saturated heterocycles. The molecule has 2 heterocycles. The van der Waals surface area contributed by atoms with Gasteiger partial charge < -0.3 is 15.0 Å². The Balaban J connectivity index is 2.31. The predicted octanol–water partition coefficient (Wildman–Crippen LogP) is 2.39. The van der Waals surface area contributed by atoms with Gasteiger partial charge in [0.2, 0.25) is 0 Å². The third-order valence-corrected chi connectivity index (χ3v) is 3.72. The summed E-state index contributed by atoms with van der Waals surface area (Å²) >= 11 is 0. The first kappa shape index (κ1) is 15.0. The first-order valence-electron chi connectivity index (χ1n) is 7.67. The second kappa shape index (κ2) is 6.88. The van der Waals surface area contributed by atoms with Gasteiger partial charge in [0.25, 0.3) is 0 Å². The van der Waals surface area contributed by atoms with Gasteiger partial charge in [-0.05, 0) is 20.3 Å². The van der Waals surface area contributed by atoms with Crippen LogP contribution in [0.4, 0.5) is 11.6 Å². The van der Waals surface area contributed by atoms with Crippen molar-refractivity contribution in [3.63, 3.8) is 0 Å². The molecule has 0 spiro atoms. The van der Waals surface area contributed by atoms with Gasteiger partial charge in [0.05, 0.1) is 12.7 Å². The van der Waals surface area contributed by atoms with Crippen LogP contribution >= 0.6 is 0 Å². The summed E-state index contributed by atoms with van der Waals surface area (Å²) in [7, 11) is 0. The fourth-order valence-corrected chi connectivity index (χ4v) is 2.51. The third kappa shape index (κ3) is 3.20. The van der Waals surface area contributed by atoms with Crippen molar-refractivity contribution < 1.29 is 4.74 Å². The number of aryl methyl sites for hydroxylation is 1. The van der Waals surface area contributed by atoms with Gasteiger partial charge in [-0.15, -0.1) is 0 Å². The minimum Gasteiger partial charge on any atom is -0.375 e. The lowest BCUT2D eigenvalue weighted by atomic mass is 10.2. The molecule has 5 nitrogen and oxygen atoms in total. The lowest BCUT2D eigenvalue weighted by molar-refractivity contribution is 0.0381. The number of rotatable bonds is 5. The van der Waals surface area contributed by atoms with Gasteiger partial charge >= 0.3 is 0 Å². The summed E-state index contributed by atoms with van der Waals surface area (Å²) in [5, 5.41) is 3.35. The summed E-state index contributed by atoms with van der Waals surface area (Å²) < 4.78 is 5.75. The minimum atomic E-state index is 0.311. The van der Waals surface area contributed by atoms with Gasteiger partial charge in [-0.25, -0.2) is 9.97 Å². The van der Waals surface area contributed by atoms with E-state index in [0.717, 1.165) is 62.1 Å². The summed E-state index contributed by atoms with van der Waals surface area (Å²) in [5.41, 5.74) is 1.14. The molecule has 1 aliphatic rings. The maximum Gasteiger partial charge on any atom is 0.137 e. The molecular weight excluding hydrogens is 252 g/mol. The molecule has 0 radical (unpaired) electrons. The zero-order chi connectivity index (χ0) is 14.5. The number of morpholine rings is 1. The Labute approximate surface area is 121 Å². The summed E-state index contributed by atoms with van der Waals surface area (Å²) in [5.74, 6) is 2.93. The Morgan fingerprint density at radius 1 is 1.30 bits per heavy atom. The number of nitrogens with one attached hydrogen (secondary N) is 1. The highest BCUT2D eigenvalue weighted by Crippen LogP contribution is 2.25. The molecule has 112 valence electrons. The van der Waals surface area contributed by atoms with Crippen LogP contribution in [0.25, 0.3) is 0 Å². The van der Waals surface area contributed by atoms with Crippen LogP contribution in [-0.2, 0) is 11.2 Å². The van der Waals surface area contributed by atoms with E-state index in [-0.39, 0.29) is 0 Å². The molecule has 0 amide bonds. The molecule has 1 unspecified atom stereocenters. The number of hydrogen-bond acceptors (Lipinski definition) is 5. The zero-order valence-electron chi connectivity index (χ0n) is 13.1. The van der Waals surface area contributed by atoms with E-state index >= 15 is 0 Å². The van der Waals surface area contributed by atoms with E-state index in [2.05, 4.69) is 42.9 Å². The summed E-state index contributed by atoms with van der Waals surface area (Å²) in [6.45, 7) is 11.9. The van der Waals surface area contributed by atoms with E-state index in [1.54, 1.807) is 0 Å². The number of nitrogens with zero attached hydrogens (tertiary/aromatic N) is 3. The van der Waals surface area contributed by atoms with Crippen molar-refractivity contribution in [2.45, 2.75) is 46.6 Å². The van der Waals surface area contributed by atoms with Crippen LogP contribution < -0.4 is 10.2 Å². The highest BCUT2D eigenvalue weighted by atomic mass is 16.5. The van der Waals surface area contributed by atoms with Crippen LogP contribution in [0.15, 0.2) is 0 Å². The Hall–Kier alpha value is -1.36. The number of hydrogen-bond donors (Lipinski definition) is 1. The third-order valence-electron chi connectivity index (χ3n) is 3.72. The summed E-state index contributed by atoms with van der Waals surface area (Å²) in [4.78, 5) is 11.7. The maximum atomic E-state index is 5.75.